The number of aromatic amines is 1. The lowest BCUT2D eigenvalue weighted by Crippen LogP contribution is -2.46. The van der Waals surface area contributed by atoms with Crippen molar-refractivity contribution in [2.75, 3.05) is 37.6 Å². The van der Waals surface area contributed by atoms with Gasteiger partial charge in [0.05, 0.1) is 11.9 Å². The van der Waals surface area contributed by atoms with Crippen LogP contribution < -0.4 is 4.90 Å². The second-order valence-corrected chi connectivity index (χ2v) is 6.91. The first-order valence-electron chi connectivity index (χ1n) is 8.97. The minimum atomic E-state index is 0.732. The standard InChI is InChI=1S/C20H22ClN5/c1-2-25-9-11-26(12-10-25)19-13-16(7-8-22-19)20-23-14-18(24-20)15-3-5-17(21)6-4-15/h3-8,13-14H,2,9-12H2,1H3,(H,23,24). The van der Waals surface area contributed by atoms with Crippen LogP contribution in [0.15, 0.2) is 48.8 Å². The number of benzene rings is 1. The number of piperazine rings is 1. The Balaban J connectivity index is 1.54. The summed E-state index contributed by atoms with van der Waals surface area (Å²) in [5.41, 5.74) is 3.10. The van der Waals surface area contributed by atoms with Crippen molar-refractivity contribution < 1.29 is 0 Å². The number of hydrogen-bond acceptors (Lipinski definition) is 4. The molecule has 6 heteroatoms. The maximum Gasteiger partial charge on any atom is 0.137 e. The molecule has 2 aromatic heterocycles. The third-order valence-corrected chi connectivity index (χ3v) is 5.15. The van der Waals surface area contributed by atoms with Gasteiger partial charge in [0.1, 0.15) is 11.6 Å². The predicted molar refractivity (Wildman–Crippen MR) is 107 cm³/mol. The SMILES string of the molecule is CCN1CCN(c2cc(-c3ncc(-c4ccc(Cl)cc4)[nH]3)ccn2)CC1. The van der Waals surface area contributed by atoms with Crippen molar-refractivity contribution in [3.05, 3.63) is 53.8 Å². The third-order valence-electron chi connectivity index (χ3n) is 4.89. The molecule has 0 atom stereocenters. The van der Waals surface area contributed by atoms with E-state index in [1.807, 2.05) is 42.7 Å². The third kappa shape index (κ3) is 3.59. The number of imidazole rings is 1. The number of halogens is 1. The molecule has 1 saturated heterocycles. The fourth-order valence-corrected chi connectivity index (χ4v) is 3.40. The quantitative estimate of drug-likeness (QED) is 0.758. The number of aromatic nitrogens is 3. The van der Waals surface area contributed by atoms with E-state index in [0.717, 1.165) is 66.2 Å². The van der Waals surface area contributed by atoms with Gasteiger partial charge in [-0.05, 0) is 36.4 Å². The molecular weight excluding hydrogens is 346 g/mol. The summed E-state index contributed by atoms with van der Waals surface area (Å²) in [6, 6.07) is 11.9. The summed E-state index contributed by atoms with van der Waals surface area (Å²) in [7, 11) is 0. The zero-order valence-electron chi connectivity index (χ0n) is 14.8. The Kier molecular flexibility index (Phi) is 4.91. The van der Waals surface area contributed by atoms with E-state index < -0.39 is 0 Å². The van der Waals surface area contributed by atoms with Gasteiger partial charge in [0.25, 0.3) is 0 Å². The molecule has 0 aliphatic carbocycles. The monoisotopic (exact) mass is 367 g/mol. The predicted octanol–water partition coefficient (Wildman–Crippen LogP) is 3.93. The number of hydrogen-bond donors (Lipinski definition) is 1. The van der Waals surface area contributed by atoms with Crippen LogP contribution in [0.4, 0.5) is 5.82 Å². The van der Waals surface area contributed by atoms with Gasteiger partial charge in [-0.15, -0.1) is 0 Å². The van der Waals surface area contributed by atoms with Gasteiger partial charge >= 0.3 is 0 Å². The molecule has 0 spiro atoms. The maximum atomic E-state index is 5.97. The van der Waals surface area contributed by atoms with E-state index in [4.69, 9.17) is 11.6 Å². The highest BCUT2D eigenvalue weighted by Crippen LogP contribution is 2.25. The average Bonchev–Trinajstić information content (AvgIpc) is 3.19. The summed E-state index contributed by atoms with van der Waals surface area (Å²) in [5.74, 6) is 1.87. The van der Waals surface area contributed by atoms with Crippen molar-refractivity contribution in [2.45, 2.75) is 6.92 Å². The molecule has 1 aliphatic heterocycles. The van der Waals surface area contributed by atoms with Gasteiger partial charge in [-0.1, -0.05) is 30.7 Å². The van der Waals surface area contributed by atoms with Gasteiger partial charge in [0.15, 0.2) is 0 Å². The molecular formula is C20H22ClN5. The highest BCUT2D eigenvalue weighted by Gasteiger charge is 2.17. The normalized spacial score (nSPS) is 15.4. The van der Waals surface area contributed by atoms with Gasteiger partial charge in [0, 0.05) is 43.0 Å². The lowest BCUT2D eigenvalue weighted by atomic mass is 10.2. The highest BCUT2D eigenvalue weighted by molar-refractivity contribution is 6.30. The van der Waals surface area contributed by atoms with Crippen molar-refractivity contribution >= 4 is 17.4 Å². The molecule has 0 unspecified atom stereocenters. The van der Waals surface area contributed by atoms with Crippen LogP contribution in [0.25, 0.3) is 22.6 Å². The van der Waals surface area contributed by atoms with Crippen LogP contribution >= 0.6 is 11.6 Å². The van der Waals surface area contributed by atoms with Gasteiger partial charge in [-0.2, -0.15) is 0 Å². The molecule has 134 valence electrons. The topological polar surface area (TPSA) is 48.0 Å². The van der Waals surface area contributed by atoms with Crippen LogP contribution in [0.2, 0.25) is 5.02 Å². The Morgan fingerprint density at radius 3 is 2.50 bits per heavy atom. The van der Waals surface area contributed by atoms with E-state index in [1.165, 1.54) is 0 Å². The summed E-state index contributed by atoms with van der Waals surface area (Å²) in [6.07, 6.45) is 3.72. The van der Waals surface area contributed by atoms with Gasteiger partial charge in [-0.3, -0.25) is 0 Å². The van der Waals surface area contributed by atoms with Crippen LogP contribution in [-0.2, 0) is 0 Å². The van der Waals surface area contributed by atoms with E-state index >= 15 is 0 Å². The van der Waals surface area contributed by atoms with E-state index in [2.05, 4.69) is 37.7 Å². The van der Waals surface area contributed by atoms with Crippen LogP contribution in [0.3, 0.4) is 0 Å². The number of pyridine rings is 1. The van der Waals surface area contributed by atoms with E-state index in [9.17, 15) is 0 Å². The Bertz CT molecular complexity index is 866. The second-order valence-electron chi connectivity index (χ2n) is 6.48. The molecule has 5 nitrogen and oxygen atoms in total. The maximum absolute atomic E-state index is 5.97. The van der Waals surface area contributed by atoms with Gasteiger partial charge < -0.3 is 14.8 Å². The Morgan fingerprint density at radius 2 is 1.77 bits per heavy atom. The molecule has 4 rings (SSSR count). The van der Waals surface area contributed by atoms with Crippen molar-refractivity contribution in [1.29, 1.82) is 0 Å². The number of nitrogens with one attached hydrogen (secondary N) is 1. The molecule has 1 N–H and O–H groups in total. The zero-order valence-corrected chi connectivity index (χ0v) is 15.6. The summed E-state index contributed by atoms with van der Waals surface area (Å²) >= 11 is 5.97. The molecule has 0 saturated carbocycles. The summed E-state index contributed by atoms with van der Waals surface area (Å²) in [6.45, 7) is 7.52. The van der Waals surface area contributed by atoms with Gasteiger partial charge in [-0.25, -0.2) is 9.97 Å². The zero-order chi connectivity index (χ0) is 17.9. The smallest absolute Gasteiger partial charge is 0.137 e. The lowest BCUT2D eigenvalue weighted by Gasteiger charge is -2.34. The van der Waals surface area contributed by atoms with E-state index in [0.29, 0.717) is 0 Å². The van der Waals surface area contributed by atoms with Crippen LogP contribution in [0.5, 0.6) is 0 Å². The van der Waals surface area contributed by atoms with Crippen molar-refractivity contribution in [3.8, 4) is 22.6 Å². The first kappa shape index (κ1) is 17.1. The minimum Gasteiger partial charge on any atom is -0.354 e. The van der Waals surface area contributed by atoms with Crippen molar-refractivity contribution in [2.24, 2.45) is 0 Å². The Hall–Kier alpha value is -2.37. The molecule has 3 heterocycles. The molecule has 0 bridgehead atoms. The molecule has 26 heavy (non-hydrogen) atoms. The molecule has 1 aromatic carbocycles. The van der Waals surface area contributed by atoms with E-state index in [-0.39, 0.29) is 0 Å². The van der Waals surface area contributed by atoms with Crippen molar-refractivity contribution in [1.82, 2.24) is 19.9 Å². The Labute approximate surface area is 158 Å². The number of nitrogens with zero attached hydrogens (tertiary/aromatic N) is 4. The fraction of sp³-hybridized carbons (Fsp3) is 0.300. The number of anilines is 1. The van der Waals surface area contributed by atoms with Crippen LogP contribution in [0.1, 0.15) is 6.92 Å². The average molecular weight is 368 g/mol. The van der Waals surface area contributed by atoms with Crippen LogP contribution in [0, 0.1) is 0 Å². The first-order valence-corrected chi connectivity index (χ1v) is 9.35. The fourth-order valence-electron chi connectivity index (χ4n) is 3.28. The summed E-state index contributed by atoms with van der Waals surface area (Å²) in [5, 5.41) is 0.732. The number of likely N-dealkylation sites (N-methyl/N-ethyl adjacent to an activating group) is 1. The molecule has 1 aliphatic rings. The van der Waals surface area contributed by atoms with Gasteiger partial charge in [0.2, 0.25) is 0 Å². The van der Waals surface area contributed by atoms with Crippen molar-refractivity contribution in [3.63, 3.8) is 0 Å². The lowest BCUT2D eigenvalue weighted by molar-refractivity contribution is 0.270. The summed E-state index contributed by atoms with van der Waals surface area (Å²) < 4.78 is 0. The highest BCUT2D eigenvalue weighted by atomic mass is 35.5. The Morgan fingerprint density at radius 1 is 1.00 bits per heavy atom. The first-order chi connectivity index (χ1) is 12.7. The minimum absolute atomic E-state index is 0.732. The van der Waals surface area contributed by atoms with Crippen LogP contribution in [-0.4, -0.2) is 52.6 Å². The molecule has 1 fully saturated rings. The number of H-pyrrole nitrogens is 1. The second kappa shape index (κ2) is 7.48. The number of rotatable bonds is 4. The summed E-state index contributed by atoms with van der Waals surface area (Å²) in [4.78, 5) is 17.3. The molecule has 0 amide bonds. The largest absolute Gasteiger partial charge is 0.354 e. The molecule has 0 radical (unpaired) electrons. The van der Waals surface area contributed by atoms with E-state index in [1.54, 1.807) is 0 Å². The molecule has 3 aromatic rings.